The molecule has 1 aromatic rings. The molecule has 0 saturated carbocycles. The molecule has 1 fully saturated rings. The fourth-order valence-corrected chi connectivity index (χ4v) is 3.29. The number of carbonyl (C=O) groups excluding carboxylic acids is 1. The second-order valence-corrected chi connectivity index (χ2v) is 6.69. The van der Waals surface area contributed by atoms with E-state index in [0.717, 1.165) is 30.7 Å². The molecule has 2 atom stereocenters. The molecule has 20 heavy (non-hydrogen) atoms. The van der Waals surface area contributed by atoms with Crippen molar-refractivity contribution in [2.75, 3.05) is 18.8 Å². The summed E-state index contributed by atoms with van der Waals surface area (Å²) in [6.45, 7) is 5.40. The zero-order valence-corrected chi connectivity index (χ0v) is 13.0. The first-order valence-electron chi connectivity index (χ1n) is 7.32. The van der Waals surface area contributed by atoms with Gasteiger partial charge in [0, 0.05) is 29.5 Å². The summed E-state index contributed by atoms with van der Waals surface area (Å²) in [5.41, 5.74) is 0.747. The van der Waals surface area contributed by atoms with Gasteiger partial charge in [-0.25, -0.2) is 0 Å². The Labute approximate surface area is 125 Å². The van der Waals surface area contributed by atoms with Crippen molar-refractivity contribution in [2.45, 2.75) is 37.7 Å². The molecule has 1 amide bonds. The number of nitrogens with zero attached hydrogens (tertiary/aromatic N) is 1. The van der Waals surface area contributed by atoms with E-state index in [1.165, 1.54) is 4.90 Å². The quantitative estimate of drug-likeness (QED) is 0.868. The van der Waals surface area contributed by atoms with Crippen LogP contribution in [0.25, 0.3) is 0 Å². The van der Waals surface area contributed by atoms with Crippen LogP contribution in [-0.4, -0.2) is 40.9 Å². The van der Waals surface area contributed by atoms with Gasteiger partial charge in [0.25, 0.3) is 5.91 Å². The van der Waals surface area contributed by atoms with E-state index in [4.69, 9.17) is 0 Å². The van der Waals surface area contributed by atoms with Gasteiger partial charge in [-0.3, -0.25) is 4.79 Å². The number of piperidine rings is 1. The maximum Gasteiger partial charge on any atom is 0.253 e. The van der Waals surface area contributed by atoms with Crippen molar-refractivity contribution < 1.29 is 9.90 Å². The van der Waals surface area contributed by atoms with Crippen molar-refractivity contribution >= 4 is 17.7 Å². The van der Waals surface area contributed by atoms with E-state index >= 15 is 0 Å². The van der Waals surface area contributed by atoms with Gasteiger partial charge in [0.05, 0.1) is 6.10 Å². The van der Waals surface area contributed by atoms with Crippen molar-refractivity contribution in [2.24, 2.45) is 5.92 Å². The summed E-state index contributed by atoms with van der Waals surface area (Å²) in [4.78, 5) is 15.6. The maximum absolute atomic E-state index is 12.5. The molecular weight excluding hydrogens is 270 g/mol. The van der Waals surface area contributed by atoms with Gasteiger partial charge in [-0.2, -0.15) is 0 Å². The molecule has 2 rings (SSSR count). The minimum absolute atomic E-state index is 0.0865. The number of carbonyl (C=O) groups is 1. The number of amides is 1. The van der Waals surface area contributed by atoms with E-state index in [-0.39, 0.29) is 17.9 Å². The summed E-state index contributed by atoms with van der Waals surface area (Å²) in [5, 5.41) is 9.70. The second kappa shape index (κ2) is 7.14. The number of aliphatic hydroxyl groups excluding tert-OH is 1. The van der Waals surface area contributed by atoms with Crippen LogP contribution in [0.15, 0.2) is 29.2 Å². The predicted octanol–water partition coefficient (Wildman–Crippen LogP) is 3.03. The molecule has 2 unspecified atom stereocenters. The molecule has 0 bridgehead atoms. The molecule has 3 nitrogen and oxygen atoms in total. The fraction of sp³-hybridized carbons (Fsp3) is 0.562. The van der Waals surface area contributed by atoms with Crippen LogP contribution in [0.1, 0.15) is 37.0 Å². The van der Waals surface area contributed by atoms with Gasteiger partial charge in [0.15, 0.2) is 0 Å². The molecule has 4 heteroatoms. The van der Waals surface area contributed by atoms with Crippen LogP contribution in [0.2, 0.25) is 0 Å². The Bertz CT molecular complexity index is 444. The third kappa shape index (κ3) is 3.76. The highest BCUT2D eigenvalue weighted by Crippen LogP contribution is 2.23. The Hall–Kier alpha value is -1.00. The third-order valence-electron chi connectivity index (χ3n) is 3.84. The first-order chi connectivity index (χ1) is 9.61. The first-order valence-corrected chi connectivity index (χ1v) is 8.30. The number of likely N-dealkylation sites (tertiary alicyclic amines) is 1. The molecule has 1 N–H and O–H groups in total. The van der Waals surface area contributed by atoms with E-state index in [2.05, 4.69) is 6.92 Å². The summed E-state index contributed by atoms with van der Waals surface area (Å²) < 4.78 is 0. The normalized spacial score (nSPS) is 20.8. The lowest BCUT2D eigenvalue weighted by Crippen LogP contribution is -2.42. The largest absolute Gasteiger partial charge is 0.393 e. The van der Waals surface area contributed by atoms with Gasteiger partial charge in [-0.1, -0.05) is 6.92 Å². The number of benzene rings is 1. The summed E-state index contributed by atoms with van der Waals surface area (Å²) in [6.07, 6.45) is 1.65. The average molecular weight is 293 g/mol. The highest BCUT2D eigenvalue weighted by molar-refractivity contribution is 7.99. The Morgan fingerprint density at radius 3 is 2.75 bits per heavy atom. The van der Waals surface area contributed by atoms with Gasteiger partial charge < -0.3 is 10.0 Å². The standard InChI is InChI=1S/C16H23NO2S/c1-3-20-15-8-6-13(7-9-15)16(19)17-10-4-5-14(11-17)12(2)18/h6-9,12,14,18H,3-5,10-11H2,1-2H3. The molecule has 1 heterocycles. The van der Waals surface area contributed by atoms with Gasteiger partial charge in [-0.05, 0) is 49.8 Å². The monoisotopic (exact) mass is 293 g/mol. The predicted molar refractivity (Wildman–Crippen MR) is 83.1 cm³/mol. The highest BCUT2D eigenvalue weighted by atomic mass is 32.2. The molecule has 0 aromatic heterocycles. The summed E-state index contributed by atoms with van der Waals surface area (Å²) in [7, 11) is 0. The lowest BCUT2D eigenvalue weighted by Gasteiger charge is -2.34. The lowest BCUT2D eigenvalue weighted by molar-refractivity contribution is 0.0466. The highest BCUT2D eigenvalue weighted by Gasteiger charge is 2.26. The number of aliphatic hydroxyl groups is 1. The van der Waals surface area contributed by atoms with Crippen LogP contribution in [0.5, 0.6) is 0 Å². The van der Waals surface area contributed by atoms with Crippen LogP contribution in [-0.2, 0) is 0 Å². The Balaban J connectivity index is 2.02. The van der Waals surface area contributed by atoms with E-state index < -0.39 is 0 Å². The SMILES string of the molecule is CCSc1ccc(C(=O)N2CCCC(C(C)O)C2)cc1. The van der Waals surface area contributed by atoms with Crippen LogP contribution in [0.3, 0.4) is 0 Å². The number of hydrogen-bond donors (Lipinski definition) is 1. The molecule has 0 spiro atoms. The van der Waals surface area contributed by atoms with Crippen LogP contribution < -0.4 is 0 Å². The van der Waals surface area contributed by atoms with Crippen molar-refractivity contribution in [3.63, 3.8) is 0 Å². The zero-order valence-electron chi connectivity index (χ0n) is 12.2. The number of hydrogen-bond acceptors (Lipinski definition) is 3. The Morgan fingerprint density at radius 1 is 1.45 bits per heavy atom. The number of thioether (sulfide) groups is 1. The van der Waals surface area contributed by atoms with E-state index in [1.54, 1.807) is 11.8 Å². The maximum atomic E-state index is 12.5. The van der Waals surface area contributed by atoms with Gasteiger partial charge >= 0.3 is 0 Å². The Morgan fingerprint density at radius 2 is 2.15 bits per heavy atom. The summed E-state index contributed by atoms with van der Waals surface area (Å²) >= 11 is 1.78. The smallest absolute Gasteiger partial charge is 0.253 e. The van der Waals surface area contributed by atoms with Crippen molar-refractivity contribution in [1.82, 2.24) is 4.90 Å². The van der Waals surface area contributed by atoms with Crippen molar-refractivity contribution in [3.05, 3.63) is 29.8 Å². The minimum Gasteiger partial charge on any atom is -0.393 e. The third-order valence-corrected chi connectivity index (χ3v) is 4.73. The van der Waals surface area contributed by atoms with Crippen molar-refractivity contribution in [1.29, 1.82) is 0 Å². The topological polar surface area (TPSA) is 40.5 Å². The molecular formula is C16H23NO2S. The second-order valence-electron chi connectivity index (χ2n) is 5.35. The molecule has 0 radical (unpaired) electrons. The first kappa shape index (κ1) is 15.4. The molecule has 1 saturated heterocycles. The molecule has 1 aromatic carbocycles. The van der Waals surface area contributed by atoms with E-state index in [0.29, 0.717) is 6.54 Å². The van der Waals surface area contributed by atoms with Gasteiger partial charge in [0.2, 0.25) is 0 Å². The van der Waals surface area contributed by atoms with Crippen LogP contribution in [0, 0.1) is 5.92 Å². The van der Waals surface area contributed by atoms with Crippen LogP contribution >= 0.6 is 11.8 Å². The molecule has 1 aliphatic heterocycles. The zero-order chi connectivity index (χ0) is 14.5. The molecule has 0 aliphatic carbocycles. The summed E-state index contributed by atoms with van der Waals surface area (Å²) in [6, 6.07) is 7.84. The van der Waals surface area contributed by atoms with Gasteiger partial charge in [0.1, 0.15) is 0 Å². The lowest BCUT2D eigenvalue weighted by atomic mass is 9.93. The van der Waals surface area contributed by atoms with Crippen LogP contribution in [0.4, 0.5) is 0 Å². The fourth-order valence-electron chi connectivity index (χ4n) is 2.63. The average Bonchev–Trinajstić information content (AvgIpc) is 2.48. The van der Waals surface area contributed by atoms with E-state index in [9.17, 15) is 9.90 Å². The minimum atomic E-state index is -0.339. The molecule has 1 aliphatic rings. The van der Waals surface area contributed by atoms with Crippen molar-refractivity contribution in [3.8, 4) is 0 Å². The Kier molecular flexibility index (Phi) is 5.49. The van der Waals surface area contributed by atoms with Gasteiger partial charge in [-0.15, -0.1) is 11.8 Å². The summed E-state index contributed by atoms with van der Waals surface area (Å²) in [5.74, 6) is 1.33. The number of rotatable bonds is 4. The molecule has 110 valence electrons. The van der Waals surface area contributed by atoms with E-state index in [1.807, 2.05) is 36.1 Å².